The first kappa shape index (κ1) is 12.9. The minimum Gasteiger partial charge on any atom is -0.477 e. The number of carbonyl (C=O) groups excluding carboxylic acids is 1. The predicted molar refractivity (Wildman–Crippen MR) is 66.4 cm³/mol. The zero-order chi connectivity index (χ0) is 13.8. The molecule has 2 rings (SSSR count). The molecule has 0 aromatic carbocycles. The van der Waals surface area contributed by atoms with Gasteiger partial charge in [0.25, 0.3) is 0 Å². The van der Waals surface area contributed by atoms with Gasteiger partial charge in [-0.25, -0.2) is 4.79 Å². The van der Waals surface area contributed by atoms with Gasteiger partial charge in [0.1, 0.15) is 12.2 Å². The lowest BCUT2D eigenvalue weighted by molar-refractivity contribution is -0.121. The first-order chi connectivity index (χ1) is 9.08. The molecule has 19 heavy (non-hydrogen) atoms. The second-order valence-electron chi connectivity index (χ2n) is 4.05. The van der Waals surface area contributed by atoms with Crippen LogP contribution in [0.3, 0.4) is 0 Å². The molecule has 7 heteroatoms. The van der Waals surface area contributed by atoms with E-state index >= 15 is 0 Å². The molecule has 0 radical (unpaired) electrons. The Hall–Kier alpha value is -2.57. The molecule has 0 fully saturated rings. The van der Waals surface area contributed by atoms with Crippen LogP contribution in [0.25, 0.3) is 0 Å². The number of carboxylic acids is 1. The predicted octanol–water partition coefficient (Wildman–Crippen LogP) is 0.236. The lowest BCUT2D eigenvalue weighted by Crippen LogP contribution is -2.28. The topological polar surface area (TPSA) is 89.2 Å². The summed E-state index contributed by atoms with van der Waals surface area (Å²) in [6.07, 6.45) is 3.21. The summed E-state index contributed by atoms with van der Waals surface area (Å²) in [5.41, 5.74) is 0.968. The van der Waals surface area contributed by atoms with Crippen molar-refractivity contribution in [2.45, 2.75) is 13.1 Å². The zero-order valence-corrected chi connectivity index (χ0v) is 10.4. The van der Waals surface area contributed by atoms with E-state index in [-0.39, 0.29) is 18.1 Å². The van der Waals surface area contributed by atoms with Crippen molar-refractivity contribution in [3.63, 3.8) is 0 Å². The molecule has 0 bridgehead atoms. The van der Waals surface area contributed by atoms with E-state index in [4.69, 9.17) is 5.11 Å². The van der Waals surface area contributed by atoms with Crippen LogP contribution in [-0.4, -0.2) is 31.3 Å². The highest BCUT2D eigenvalue weighted by atomic mass is 16.4. The highest BCUT2D eigenvalue weighted by molar-refractivity contribution is 5.86. The summed E-state index contributed by atoms with van der Waals surface area (Å²) in [5, 5.41) is 15.6. The minimum absolute atomic E-state index is 0.0213. The number of nitrogens with zero attached hydrogens (tertiary/aromatic N) is 3. The van der Waals surface area contributed by atoms with Gasteiger partial charge in [-0.3, -0.25) is 9.48 Å². The van der Waals surface area contributed by atoms with Gasteiger partial charge in [-0.1, -0.05) is 0 Å². The van der Waals surface area contributed by atoms with Crippen LogP contribution in [0.5, 0.6) is 0 Å². The molecule has 0 atom stereocenters. The van der Waals surface area contributed by atoms with Crippen molar-refractivity contribution < 1.29 is 14.7 Å². The fraction of sp³-hybridized carbons (Fsp3) is 0.250. The summed E-state index contributed by atoms with van der Waals surface area (Å²) in [6, 6.07) is 4.85. The fourth-order valence-corrected chi connectivity index (χ4v) is 1.72. The molecular weight excluding hydrogens is 248 g/mol. The van der Waals surface area contributed by atoms with Gasteiger partial charge in [-0.15, -0.1) is 0 Å². The van der Waals surface area contributed by atoms with E-state index < -0.39 is 5.97 Å². The number of carbonyl (C=O) groups is 2. The minimum atomic E-state index is -1.05. The SMILES string of the molecule is Cn1nccc1CNC(=O)Cn1cccc1C(=O)O. The normalized spacial score (nSPS) is 10.4. The van der Waals surface area contributed by atoms with Crippen molar-refractivity contribution >= 4 is 11.9 Å². The van der Waals surface area contributed by atoms with E-state index in [2.05, 4.69) is 10.4 Å². The number of nitrogens with one attached hydrogen (secondary N) is 1. The molecule has 2 heterocycles. The van der Waals surface area contributed by atoms with Crippen molar-refractivity contribution in [3.8, 4) is 0 Å². The molecule has 0 saturated carbocycles. The Labute approximate surface area is 109 Å². The molecule has 0 aliphatic carbocycles. The van der Waals surface area contributed by atoms with E-state index in [1.165, 1.54) is 10.6 Å². The van der Waals surface area contributed by atoms with E-state index in [0.717, 1.165) is 5.69 Å². The number of carboxylic acid groups (broad SMARTS) is 1. The number of amides is 1. The van der Waals surface area contributed by atoms with Crippen LogP contribution < -0.4 is 5.32 Å². The number of aromatic carboxylic acids is 1. The monoisotopic (exact) mass is 262 g/mol. The van der Waals surface area contributed by atoms with Crippen LogP contribution in [0.15, 0.2) is 30.6 Å². The molecule has 7 nitrogen and oxygen atoms in total. The Morgan fingerprint density at radius 3 is 2.84 bits per heavy atom. The van der Waals surface area contributed by atoms with Gasteiger partial charge in [0.15, 0.2) is 0 Å². The Kier molecular flexibility index (Phi) is 3.65. The standard InChI is InChI=1S/C12H14N4O3/c1-15-9(4-5-14-15)7-13-11(17)8-16-6-2-3-10(16)12(18)19/h2-6H,7-8H2,1H3,(H,13,17)(H,18,19). The molecule has 0 saturated heterocycles. The summed E-state index contributed by atoms with van der Waals surface area (Å²) in [4.78, 5) is 22.6. The Bertz CT molecular complexity index is 600. The van der Waals surface area contributed by atoms with Gasteiger partial charge in [0.2, 0.25) is 5.91 Å². The Balaban J connectivity index is 1.93. The van der Waals surface area contributed by atoms with Crippen molar-refractivity contribution in [3.05, 3.63) is 42.0 Å². The molecule has 2 N–H and O–H groups in total. The van der Waals surface area contributed by atoms with Crippen molar-refractivity contribution in [1.82, 2.24) is 19.7 Å². The van der Waals surface area contributed by atoms with Crippen LogP contribution in [0.1, 0.15) is 16.2 Å². The van der Waals surface area contributed by atoms with Crippen molar-refractivity contribution in [2.24, 2.45) is 7.05 Å². The van der Waals surface area contributed by atoms with Crippen molar-refractivity contribution in [1.29, 1.82) is 0 Å². The summed E-state index contributed by atoms with van der Waals surface area (Å²) in [6.45, 7) is 0.339. The largest absolute Gasteiger partial charge is 0.477 e. The van der Waals surface area contributed by atoms with Gasteiger partial charge in [-0.05, 0) is 18.2 Å². The fourth-order valence-electron chi connectivity index (χ4n) is 1.72. The summed E-state index contributed by atoms with van der Waals surface area (Å²) >= 11 is 0. The van der Waals surface area contributed by atoms with Gasteiger partial charge in [-0.2, -0.15) is 5.10 Å². The highest BCUT2D eigenvalue weighted by Crippen LogP contribution is 2.02. The molecule has 0 spiro atoms. The highest BCUT2D eigenvalue weighted by Gasteiger charge is 2.11. The number of hydrogen-bond acceptors (Lipinski definition) is 3. The van der Waals surface area contributed by atoms with Gasteiger partial charge >= 0.3 is 5.97 Å². The quantitative estimate of drug-likeness (QED) is 0.807. The third-order valence-corrected chi connectivity index (χ3v) is 2.75. The third-order valence-electron chi connectivity index (χ3n) is 2.75. The molecule has 1 amide bonds. The molecule has 0 aliphatic heterocycles. The number of aromatic nitrogens is 3. The summed E-state index contributed by atoms with van der Waals surface area (Å²) < 4.78 is 3.06. The number of aryl methyl sites for hydroxylation is 1. The van der Waals surface area contributed by atoms with Crippen LogP contribution in [-0.2, 0) is 24.9 Å². The number of rotatable bonds is 5. The van der Waals surface area contributed by atoms with Crippen LogP contribution in [0, 0.1) is 0 Å². The maximum atomic E-state index is 11.7. The average Bonchev–Trinajstić information content (AvgIpc) is 2.95. The van der Waals surface area contributed by atoms with Crippen LogP contribution in [0.2, 0.25) is 0 Å². The van der Waals surface area contributed by atoms with E-state index in [0.29, 0.717) is 6.54 Å². The van der Waals surface area contributed by atoms with Crippen LogP contribution in [0.4, 0.5) is 0 Å². The first-order valence-corrected chi connectivity index (χ1v) is 5.70. The maximum Gasteiger partial charge on any atom is 0.352 e. The van der Waals surface area contributed by atoms with Crippen molar-refractivity contribution in [2.75, 3.05) is 0 Å². The second-order valence-corrected chi connectivity index (χ2v) is 4.05. The van der Waals surface area contributed by atoms with Gasteiger partial charge in [0.05, 0.1) is 12.2 Å². The van der Waals surface area contributed by atoms with E-state index in [9.17, 15) is 9.59 Å². The molecule has 2 aromatic rings. The molecular formula is C12H14N4O3. The Morgan fingerprint density at radius 1 is 1.42 bits per heavy atom. The number of hydrogen-bond donors (Lipinski definition) is 2. The third kappa shape index (κ3) is 3.01. The molecule has 0 unspecified atom stereocenters. The molecule has 100 valence electrons. The lowest BCUT2D eigenvalue weighted by Gasteiger charge is -2.08. The van der Waals surface area contributed by atoms with Gasteiger partial charge in [0, 0.05) is 19.4 Å². The van der Waals surface area contributed by atoms with Gasteiger partial charge < -0.3 is 15.0 Å². The Morgan fingerprint density at radius 2 is 2.21 bits per heavy atom. The lowest BCUT2D eigenvalue weighted by atomic mass is 10.4. The second kappa shape index (κ2) is 5.38. The molecule has 2 aromatic heterocycles. The average molecular weight is 262 g/mol. The molecule has 0 aliphatic rings. The first-order valence-electron chi connectivity index (χ1n) is 5.70. The summed E-state index contributed by atoms with van der Waals surface area (Å²) in [7, 11) is 1.79. The zero-order valence-electron chi connectivity index (χ0n) is 10.4. The van der Waals surface area contributed by atoms with E-state index in [1.54, 1.807) is 36.3 Å². The van der Waals surface area contributed by atoms with E-state index in [1.807, 2.05) is 0 Å². The maximum absolute atomic E-state index is 11.7. The van der Waals surface area contributed by atoms with Crippen LogP contribution >= 0.6 is 0 Å². The smallest absolute Gasteiger partial charge is 0.352 e. The summed E-state index contributed by atoms with van der Waals surface area (Å²) in [5.74, 6) is -1.30.